The van der Waals surface area contributed by atoms with Gasteiger partial charge in [0.15, 0.2) is 0 Å². The zero-order valence-corrected chi connectivity index (χ0v) is 15.2. The van der Waals surface area contributed by atoms with E-state index in [4.69, 9.17) is 9.47 Å². The SMILES string of the molecule is C[C@@H]1CCCOC[C@@H](C)N2CC(CN2)C2NNC3CCC(CC32)O1. The van der Waals surface area contributed by atoms with Crippen LogP contribution in [0.3, 0.4) is 0 Å². The molecule has 3 aliphatic heterocycles. The summed E-state index contributed by atoms with van der Waals surface area (Å²) < 4.78 is 12.3. The summed E-state index contributed by atoms with van der Waals surface area (Å²) in [4.78, 5) is 0. The van der Waals surface area contributed by atoms with Crippen molar-refractivity contribution in [2.45, 2.75) is 76.3 Å². The molecule has 3 heterocycles. The van der Waals surface area contributed by atoms with E-state index in [1.165, 1.54) is 19.3 Å². The number of ether oxygens (including phenoxy) is 2. The highest BCUT2D eigenvalue weighted by Gasteiger charge is 2.45. The molecule has 6 unspecified atom stereocenters. The Labute approximate surface area is 145 Å². The molecule has 138 valence electrons. The predicted octanol–water partition coefficient (Wildman–Crippen LogP) is 1.04. The predicted molar refractivity (Wildman–Crippen MR) is 93.2 cm³/mol. The highest BCUT2D eigenvalue weighted by Crippen LogP contribution is 2.36. The van der Waals surface area contributed by atoms with Gasteiger partial charge in [-0.1, -0.05) is 0 Å². The minimum Gasteiger partial charge on any atom is -0.380 e. The Bertz CT molecular complexity index is 424. The van der Waals surface area contributed by atoms with Gasteiger partial charge in [-0.2, -0.15) is 0 Å². The quantitative estimate of drug-likeness (QED) is 0.614. The number of hydrazine groups is 2. The van der Waals surface area contributed by atoms with Crippen LogP contribution >= 0.6 is 0 Å². The Morgan fingerprint density at radius 3 is 2.92 bits per heavy atom. The number of rotatable bonds is 0. The largest absolute Gasteiger partial charge is 0.380 e. The van der Waals surface area contributed by atoms with Crippen molar-refractivity contribution >= 4 is 0 Å². The first-order valence-electron chi connectivity index (χ1n) is 9.95. The molecule has 4 aliphatic rings. The van der Waals surface area contributed by atoms with Crippen LogP contribution in [0.4, 0.5) is 0 Å². The molecule has 0 amide bonds. The molecular weight excluding hydrogens is 304 g/mol. The smallest absolute Gasteiger partial charge is 0.0633 e. The summed E-state index contributed by atoms with van der Waals surface area (Å²) in [6, 6.07) is 1.60. The van der Waals surface area contributed by atoms with Gasteiger partial charge in [0.2, 0.25) is 0 Å². The number of nitrogens with zero attached hydrogens (tertiary/aromatic N) is 1. The highest BCUT2D eigenvalue weighted by molar-refractivity contribution is 5.00. The lowest BCUT2D eigenvalue weighted by Gasteiger charge is -2.35. The van der Waals surface area contributed by atoms with Gasteiger partial charge < -0.3 is 9.47 Å². The second-order valence-corrected chi connectivity index (χ2v) is 8.31. The fourth-order valence-electron chi connectivity index (χ4n) is 5.05. The first kappa shape index (κ1) is 17.2. The molecule has 1 aliphatic carbocycles. The molecule has 3 N–H and O–H groups in total. The third-order valence-corrected chi connectivity index (χ3v) is 6.46. The summed E-state index contributed by atoms with van der Waals surface area (Å²) in [6.07, 6.45) is 6.59. The third-order valence-electron chi connectivity index (χ3n) is 6.46. The molecule has 1 saturated carbocycles. The normalized spacial score (nSPS) is 50.2. The van der Waals surface area contributed by atoms with Gasteiger partial charge in [-0.15, -0.1) is 0 Å². The maximum atomic E-state index is 6.39. The van der Waals surface area contributed by atoms with E-state index >= 15 is 0 Å². The molecule has 4 bridgehead atoms. The van der Waals surface area contributed by atoms with Crippen LogP contribution in [0.5, 0.6) is 0 Å². The molecular formula is C18H34N4O2. The van der Waals surface area contributed by atoms with Crippen LogP contribution in [0.15, 0.2) is 0 Å². The Hall–Kier alpha value is -0.240. The van der Waals surface area contributed by atoms with Crippen molar-refractivity contribution in [1.29, 1.82) is 0 Å². The van der Waals surface area contributed by atoms with E-state index in [2.05, 4.69) is 35.1 Å². The number of fused-ring (bicyclic) bond motifs is 4. The molecule has 0 aromatic rings. The van der Waals surface area contributed by atoms with Crippen LogP contribution in [0, 0.1) is 11.8 Å². The maximum absolute atomic E-state index is 6.39. The van der Waals surface area contributed by atoms with Gasteiger partial charge in [-0.05, 0) is 51.9 Å². The lowest BCUT2D eigenvalue weighted by molar-refractivity contribution is -0.0425. The molecule has 0 aromatic heterocycles. The van der Waals surface area contributed by atoms with Crippen molar-refractivity contribution in [3.63, 3.8) is 0 Å². The number of hydrogen-bond acceptors (Lipinski definition) is 6. The average molecular weight is 338 g/mol. The van der Waals surface area contributed by atoms with Crippen LogP contribution in [-0.2, 0) is 9.47 Å². The second kappa shape index (κ2) is 7.56. The zero-order valence-electron chi connectivity index (χ0n) is 15.2. The summed E-state index contributed by atoms with van der Waals surface area (Å²) >= 11 is 0. The van der Waals surface area contributed by atoms with Gasteiger partial charge in [0, 0.05) is 43.7 Å². The standard InChI is InChI=1S/C18H34N4O2/c1-12-11-23-7-3-4-13(2)24-15-5-6-17-16(8-15)18(21-20-17)14-9-19-22(12)10-14/h12-21H,3-11H2,1-2H3/t12-,13-,14?,15?,16?,17?,18?/m1/s1. The number of hydrogen-bond donors (Lipinski definition) is 3. The van der Waals surface area contributed by atoms with E-state index in [1.54, 1.807) is 0 Å². The Morgan fingerprint density at radius 2 is 2.00 bits per heavy atom. The monoisotopic (exact) mass is 338 g/mol. The maximum Gasteiger partial charge on any atom is 0.0633 e. The van der Waals surface area contributed by atoms with Gasteiger partial charge in [0.05, 0.1) is 18.8 Å². The molecule has 0 spiro atoms. The zero-order chi connectivity index (χ0) is 16.5. The Morgan fingerprint density at radius 1 is 1.08 bits per heavy atom. The van der Waals surface area contributed by atoms with Crippen LogP contribution < -0.4 is 16.3 Å². The third kappa shape index (κ3) is 3.64. The van der Waals surface area contributed by atoms with Crippen LogP contribution in [0.2, 0.25) is 0 Å². The lowest BCUT2D eigenvalue weighted by atomic mass is 9.76. The first-order chi connectivity index (χ1) is 11.7. The minimum absolute atomic E-state index is 0.348. The van der Waals surface area contributed by atoms with Crippen molar-refractivity contribution in [2.24, 2.45) is 11.8 Å². The van der Waals surface area contributed by atoms with Crippen LogP contribution in [0.25, 0.3) is 0 Å². The van der Waals surface area contributed by atoms with Gasteiger partial charge in [-0.3, -0.25) is 16.3 Å². The van der Waals surface area contributed by atoms with E-state index in [9.17, 15) is 0 Å². The van der Waals surface area contributed by atoms with E-state index in [1.807, 2.05) is 0 Å². The molecule has 6 nitrogen and oxygen atoms in total. The molecule has 6 heteroatoms. The molecule has 4 fully saturated rings. The van der Waals surface area contributed by atoms with E-state index in [-0.39, 0.29) is 0 Å². The lowest BCUT2D eigenvalue weighted by Crippen LogP contribution is -2.43. The van der Waals surface area contributed by atoms with Gasteiger partial charge in [0.1, 0.15) is 0 Å². The Balaban J connectivity index is 1.47. The van der Waals surface area contributed by atoms with E-state index in [0.717, 1.165) is 39.1 Å². The first-order valence-corrected chi connectivity index (χ1v) is 9.95. The summed E-state index contributed by atoms with van der Waals surface area (Å²) in [5.74, 6) is 1.34. The molecule has 0 radical (unpaired) electrons. The molecule has 24 heavy (non-hydrogen) atoms. The van der Waals surface area contributed by atoms with Crippen molar-refractivity contribution < 1.29 is 9.47 Å². The topological polar surface area (TPSA) is 57.8 Å². The summed E-state index contributed by atoms with van der Waals surface area (Å²) in [5.41, 5.74) is 10.8. The van der Waals surface area contributed by atoms with Crippen molar-refractivity contribution in [3.8, 4) is 0 Å². The average Bonchev–Trinajstić information content (AvgIpc) is 3.19. The van der Waals surface area contributed by atoms with Crippen molar-refractivity contribution in [3.05, 3.63) is 0 Å². The molecule has 3 saturated heterocycles. The molecule has 8 atom stereocenters. The second-order valence-electron chi connectivity index (χ2n) is 8.31. The summed E-state index contributed by atoms with van der Waals surface area (Å²) in [5, 5.41) is 2.39. The molecule has 4 rings (SSSR count). The van der Waals surface area contributed by atoms with Crippen LogP contribution in [0.1, 0.15) is 46.0 Å². The van der Waals surface area contributed by atoms with Gasteiger partial charge in [0.25, 0.3) is 0 Å². The number of nitrogens with one attached hydrogen (secondary N) is 3. The highest BCUT2D eigenvalue weighted by atomic mass is 16.5. The van der Waals surface area contributed by atoms with Crippen molar-refractivity contribution in [2.75, 3.05) is 26.3 Å². The summed E-state index contributed by atoms with van der Waals surface area (Å²) in [6.45, 7) is 8.31. The summed E-state index contributed by atoms with van der Waals surface area (Å²) in [7, 11) is 0. The van der Waals surface area contributed by atoms with E-state index in [0.29, 0.717) is 42.2 Å². The van der Waals surface area contributed by atoms with Gasteiger partial charge in [-0.25, -0.2) is 5.01 Å². The fraction of sp³-hybridized carbons (Fsp3) is 1.00. The van der Waals surface area contributed by atoms with E-state index < -0.39 is 0 Å². The Kier molecular flexibility index (Phi) is 5.41. The molecule has 0 aromatic carbocycles. The van der Waals surface area contributed by atoms with Gasteiger partial charge >= 0.3 is 0 Å². The van der Waals surface area contributed by atoms with Crippen molar-refractivity contribution in [1.82, 2.24) is 21.3 Å². The van der Waals surface area contributed by atoms with Crippen LogP contribution in [-0.4, -0.2) is 61.6 Å². The fourth-order valence-corrected chi connectivity index (χ4v) is 5.05. The minimum atomic E-state index is 0.348.